The first-order valence-electron chi connectivity index (χ1n) is 9.20. The monoisotopic (exact) mass is 367 g/mol. The minimum atomic E-state index is -0.178. The van der Waals surface area contributed by atoms with Gasteiger partial charge in [0, 0.05) is 23.4 Å². The van der Waals surface area contributed by atoms with Gasteiger partial charge in [0.2, 0.25) is 0 Å². The van der Waals surface area contributed by atoms with Crippen LogP contribution < -0.4 is 10.6 Å². The Balaban J connectivity index is 1.98. The maximum atomic E-state index is 12.5. The largest absolute Gasteiger partial charge is 0.352 e. The molecule has 0 fully saturated rings. The van der Waals surface area contributed by atoms with Crippen LogP contribution in [0.3, 0.4) is 0 Å². The molecule has 0 atom stereocenters. The van der Waals surface area contributed by atoms with Gasteiger partial charge in [0.05, 0.1) is 0 Å². The van der Waals surface area contributed by atoms with Gasteiger partial charge in [-0.3, -0.25) is 9.59 Å². The van der Waals surface area contributed by atoms with Crippen LogP contribution in [0.25, 0.3) is 0 Å². The molecule has 0 aromatic heterocycles. The van der Waals surface area contributed by atoms with Crippen LogP contribution in [-0.4, -0.2) is 43.9 Å². The van der Waals surface area contributed by atoms with Gasteiger partial charge >= 0.3 is 0 Å². The van der Waals surface area contributed by atoms with Crippen molar-refractivity contribution in [1.82, 2.24) is 10.2 Å². The van der Waals surface area contributed by atoms with Gasteiger partial charge in [-0.15, -0.1) is 0 Å². The molecule has 0 aliphatic heterocycles. The van der Waals surface area contributed by atoms with Crippen LogP contribution in [0.2, 0.25) is 0 Å². The Labute approximate surface area is 161 Å². The van der Waals surface area contributed by atoms with E-state index in [0.717, 1.165) is 29.8 Å². The Kier molecular flexibility index (Phi) is 7.13. The van der Waals surface area contributed by atoms with Gasteiger partial charge in [-0.25, -0.2) is 0 Å². The second-order valence-corrected chi connectivity index (χ2v) is 7.22. The molecule has 0 aliphatic carbocycles. The van der Waals surface area contributed by atoms with Crippen LogP contribution in [-0.2, 0) is 0 Å². The Morgan fingerprint density at radius 3 is 1.93 bits per heavy atom. The number of nitrogens with zero attached hydrogens (tertiary/aromatic N) is 1. The van der Waals surface area contributed by atoms with E-state index >= 15 is 0 Å². The van der Waals surface area contributed by atoms with E-state index in [0.29, 0.717) is 17.7 Å². The summed E-state index contributed by atoms with van der Waals surface area (Å²) in [6.07, 6.45) is 0.897. The van der Waals surface area contributed by atoms with E-state index in [1.165, 1.54) is 5.56 Å². The van der Waals surface area contributed by atoms with Crippen LogP contribution in [0, 0.1) is 20.8 Å². The smallest absolute Gasteiger partial charge is 0.255 e. The highest BCUT2D eigenvalue weighted by molar-refractivity contribution is 6.05. The highest BCUT2D eigenvalue weighted by atomic mass is 16.2. The summed E-state index contributed by atoms with van der Waals surface area (Å²) in [5.74, 6) is -0.297. The van der Waals surface area contributed by atoms with E-state index < -0.39 is 0 Å². The molecule has 0 spiro atoms. The second-order valence-electron chi connectivity index (χ2n) is 7.22. The summed E-state index contributed by atoms with van der Waals surface area (Å²) >= 11 is 0. The van der Waals surface area contributed by atoms with E-state index in [2.05, 4.69) is 15.5 Å². The van der Waals surface area contributed by atoms with Crippen molar-refractivity contribution in [2.75, 3.05) is 32.5 Å². The molecular formula is C22H29N3O2. The molecule has 0 saturated heterocycles. The van der Waals surface area contributed by atoms with Gasteiger partial charge in [-0.05, 0) is 83.2 Å². The molecule has 27 heavy (non-hydrogen) atoms. The van der Waals surface area contributed by atoms with E-state index in [4.69, 9.17) is 0 Å². The van der Waals surface area contributed by atoms with Crippen molar-refractivity contribution >= 4 is 17.5 Å². The van der Waals surface area contributed by atoms with Crippen LogP contribution in [0.1, 0.15) is 43.8 Å². The SMILES string of the molecule is Cc1cc(C)c(NC(=O)c2ccc(C(=O)NCCCN(C)C)cc2)c(C)c1. The maximum Gasteiger partial charge on any atom is 0.255 e. The molecule has 2 aromatic carbocycles. The third-order valence-corrected chi connectivity index (χ3v) is 4.39. The normalized spacial score (nSPS) is 10.7. The summed E-state index contributed by atoms with van der Waals surface area (Å²) in [5.41, 5.74) is 5.17. The molecule has 2 N–H and O–H groups in total. The van der Waals surface area contributed by atoms with Crippen molar-refractivity contribution in [3.05, 3.63) is 64.2 Å². The standard InChI is InChI=1S/C22H29N3O2/c1-15-13-16(2)20(17(3)14-15)24-22(27)19-9-7-18(8-10-19)21(26)23-11-6-12-25(4)5/h7-10,13-14H,6,11-12H2,1-5H3,(H,23,26)(H,24,27). The van der Waals surface area contributed by atoms with E-state index in [1.54, 1.807) is 24.3 Å². The van der Waals surface area contributed by atoms with Gasteiger partial charge in [-0.2, -0.15) is 0 Å². The molecule has 2 aromatic rings. The molecule has 2 amide bonds. The predicted octanol–water partition coefficient (Wildman–Crippen LogP) is 3.55. The average molecular weight is 367 g/mol. The molecule has 5 heteroatoms. The number of benzene rings is 2. The first kappa shape index (κ1) is 20.6. The highest BCUT2D eigenvalue weighted by Crippen LogP contribution is 2.22. The van der Waals surface area contributed by atoms with Crippen molar-refractivity contribution in [2.24, 2.45) is 0 Å². The molecule has 0 heterocycles. The maximum absolute atomic E-state index is 12.5. The predicted molar refractivity (Wildman–Crippen MR) is 111 cm³/mol. The fourth-order valence-electron chi connectivity index (χ4n) is 3.04. The Hall–Kier alpha value is -2.66. The molecule has 0 unspecified atom stereocenters. The quantitative estimate of drug-likeness (QED) is 0.736. The number of anilines is 1. The zero-order valence-corrected chi connectivity index (χ0v) is 16.8. The third-order valence-electron chi connectivity index (χ3n) is 4.39. The van der Waals surface area contributed by atoms with Crippen LogP contribution in [0.15, 0.2) is 36.4 Å². The lowest BCUT2D eigenvalue weighted by atomic mass is 10.0. The Bertz CT molecular complexity index is 788. The zero-order valence-electron chi connectivity index (χ0n) is 16.8. The number of amides is 2. The summed E-state index contributed by atoms with van der Waals surface area (Å²) in [5, 5.41) is 5.88. The molecule has 0 aliphatic rings. The summed E-state index contributed by atoms with van der Waals surface area (Å²) in [4.78, 5) is 26.8. The number of nitrogens with one attached hydrogen (secondary N) is 2. The lowest BCUT2D eigenvalue weighted by molar-refractivity contribution is 0.0950. The zero-order chi connectivity index (χ0) is 20.0. The van der Waals surface area contributed by atoms with Gasteiger partial charge in [0.25, 0.3) is 11.8 Å². The summed E-state index contributed by atoms with van der Waals surface area (Å²) in [6.45, 7) is 7.57. The number of carbonyl (C=O) groups excluding carboxylic acids is 2. The van der Waals surface area contributed by atoms with Crippen molar-refractivity contribution in [1.29, 1.82) is 0 Å². The van der Waals surface area contributed by atoms with E-state index in [-0.39, 0.29) is 11.8 Å². The molecule has 0 bridgehead atoms. The average Bonchev–Trinajstić information content (AvgIpc) is 2.61. The van der Waals surface area contributed by atoms with Crippen molar-refractivity contribution in [3.8, 4) is 0 Å². The van der Waals surface area contributed by atoms with Gasteiger partial charge in [0.15, 0.2) is 0 Å². The fraction of sp³-hybridized carbons (Fsp3) is 0.364. The first-order valence-corrected chi connectivity index (χ1v) is 9.20. The number of hydrogen-bond donors (Lipinski definition) is 2. The van der Waals surface area contributed by atoms with Crippen LogP contribution in [0.5, 0.6) is 0 Å². The Morgan fingerprint density at radius 1 is 0.889 bits per heavy atom. The van der Waals surface area contributed by atoms with Crippen molar-refractivity contribution in [2.45, 2.75) is 27.2 Å². The minimum absolute atomic E-state index is 0.120. The van der Waals surface area contributed by atoms with Crippen molar-refractivity contribution in [3.63, 3.8) is 0 Å². The van der Waals surface area contributed by atoms with Crippen LogP contribution >= 0.6 is 0 Å². The fourth-order valence-corrected chi connectivity index (χ4v) is 3.04. The molecule has 0 radical (unpaired) electrons. The minimum Gasteiger partial charge on any atom is -0.352 e. The Morgan fingerprint density at radius 2 is 1.41 bits per heavy atom. The number of aryl methyl sites for hydroxylation is 3. The van der Waals surface area contributed by atoms with Crippen LogP contribution in [0.4, 0.5) is 5.69 Å². The summed E-state index contributed by atoms with van der Waals surface area (Å²) in [7, 11) is 4.01. The second kappa shape index (κ2) is 9.33. The molecule has 5 nitrogen and oxygen atoms in total. The van der Waals surface area contributed by atoms with Crippen molar-refractivity contribution < 1.29 is 9.59 Å². The van der Waals surface area contributed by atoms with Gasteiger partial charge < -0.3 is 15.5 Å². The lowest BCUT2D eigenvalue weighted by Gasteiger charge is -2.13. The molecule has 0 saturated carbocycles. The molecule has 2 rings (SSSR count). The van der Waals surface area contributed by atoms with Gasteiger partial charge in [0.1, 0.15) is 0 Å². The first-order chi connectivity index (χ1) is 12.8. The molecular weight excluding hydrogens is 338 g/mol. The van der Waals surface area contributed by atoms with E-state index in [9.17, 15) is 9.59 Å². The summed E-state index contributed by atoms with van der Waals surface area (Å²) < 4.78 is 0. The summed E-state index contributed by atoms with van der Waals surface area (Å²) in [6, 6.07) is 10.8. The number of hydrogen-bond acceptors (Lipinski definition) is 3. The van der Waals surface area contributed by atoms with E-state index in [1.807, 2.05) is 47.0 Å². The topological polar surface area (TPSA) is 61.4 Å². The number of carbonyl (C=O) groups is 2. The van der Waals surface area contributed by atoms with Gasteiger partial charge in [-0.1, -0.05) is 17.7 Å². The number of rotatable bonds is 7. The third kappa shape index (κ3) is 5.93. The highest BCUT2D eigenvalue weighted by Gasteiger charge is 2.12. The lowest BCUT2D eigenvalue weighted by Crippen LogP contribution is -2.27. The molecule has 144 valence electrons.